The van der Waals surface area contributed by atoms with Crippen LogP contribution in [0.1, 0.15) is 0 Å². The van der Waals surface area contributed by atoms with E-state index < -0.39 is 32.0 Å². The molecule has 0 atom stereocenters. The monoisotopic (exact) mass is 202 g/mol. The van der Waals surface area contributed by atoms with E-state index in [1.165, 1.54) is 0 Å². The molecule has 0 aliphatic rings. The highest BCUT2D eigenvalue weighted by molar-refractivity contribution is 7.90. The Labute approximate surface area is 63.9 Å². The van der Waals surface area contributed by atoms with E-state index in [1.54, 1.807) is 0 Å². The minimum absolute atomic E-state index is 1.88. The topological polar surface area (TPSA) is 112 Å². The fraction of sp³-hybridized carbons (Fsp3) is 0. The first kappa shape index (κ1) is 10.0. The molecule has 0 radical (unpaired) electrons. The maximum absolute atomic E-state index is 9.95. The molecule has 0 heterocycles. The Hall–Kier alpha value is -0.960. The van der Waals surface area contributed by atoms with Gasteiger partial charge in [0, 0.05) is 0 Å². The molecule has 0 aromatic heterocycles. The van der Waals surface area contributed by atoms with Gasteiger partial charge in [0.25, 0.3) is 0 Å². The van der Waals surface area contributed by atoms with Gasteiger partial charge < -0.3 is 4.74 Å². The van der Waals surface area contributed by atoms with Crippen molar-refractivity contribution in [3.63, 3.8) is 0 Å². The molecule has 0 bridgehead atoms. The lowest BCUT2D eigenvalue weighted by atomic mass is 11.4. The summed E-state index contributed by atoms with van der Waals surface area (Å²) in [4.78, 5) is 19.9. The third-order valence-electron chi connectivity index (χ3n) is 0.473. The fourth-order valence-electron chi connectivity index (χ4n) is 0.149. The summed E-state index contributed by atoms with van der Waals surface area (Å²) in [6, 6.07) is 0. The molecule has 9 heteroatoms. The standard InChI is InChI=1S/C2H2O7S2/c3-1(10(5)6)9-2(4)11(7)8/h10-11H. The van der Waals surface area contributed by atoms with Crippen LogP contribution in [0, 0.1) is 0 Å². The highest BCUT2D eigenvalue weighted by atomic mass is 32.2. The summed E-state index contributed by atoms with van der Waals surface area (Å²) in [6.07, 6.45) is 0. The third kappa shape index (κ3) is 3.68. The number of hydrogen-bond donors (Lipinski definition) is 2. The molecular formula is C2H2O7S2. The molecule has 7 nitrogen and oxygen atoms in total. The van der Waals surface area contributed by atoms with Crippen LogP contribution < -0.4 is 0 Å². The van der Waals surface area contributed by atoms with E-state index in [1.807, 2.05) is 0 Å². The summed E-state index contributed by atoms with van der Waals surface area (Å²) < 4.78 is 42.0. The molecule has 0 aromatic carbocycles. The van der Waals surface area contributed by atoms with Gasteiger partial charge >= 0.3 is 10.6 Å². The van der Waals surface area contributed by atoms with Gasteiger partial charge in [0.1, 0.15) is 0 Å². The van der Waals surface area contributed by atoms with Gasteiger partial charge in [-0.05, 0) is 0 Å². The van der Waals surface area contributed by atoms with E-state index in [4.69, 9.17) is 0 Å². The van der Waals surface area contributed by atoms with Crippen LogP contribution in [-0.4, -0.2) is 27.4 Å². The van der Waals surface area contributed by atoms with Crippen LogP contribution in [0.2, 0.25) is 0 Å². The summed E-state index contributed by atoms with van der Waals surface area (Å²) in [6.45, 7) is 0. The SMILES string of the molecule is O=C(OC(=O)[SH](=O)=O)[SH](=O)=O. The van der Waals surface area contributed by atoms with Gasteiger partial charge in [-0.2, -0.15) is 0 Å². The van der Waals surface area contributed by atoms with Crippen molar-refractivity contribution in [3.05, 3.63) is 0 Å². The number of ether oxygens (including phenoxy) is 1. The maximum Gasteiger partial charge on any atom is 0.430 e. The van der Waals surface area contributed by atoms with Crippen molar-refractivity contribution in [2.24, 2.45) is 0 Å². The van der Waals surface area contributed by atoms with Crippen molar-refractivity contribution < 1.29 is 31.2 Å². The van der Waals surface area contributed by atoms with Crippen LogP contribution in [0.3, 0.4) is 0 Å². The summed E-state index contributed by atoms with van der Waals surface area (Å²) in [5.74, 6) is 0. The van der Waals surface area contributed by atoms with Gasteiger partial charge in [0.15, 0.2) is 0 Å². The molecule has 0 aliphatic carbocycles. The van der Waals surface area contributed by atoms with E-state index in [-0.39, 0.29) is 0 Å². The van der Waals surface area contributed by atoms with Gasteiger partial charge in [0.05, 0.1) is 0 Å². The van der Waals surface area contributed by atoms with E-state index in [2.05, 4.69) is 4.74 Å². The number of hydrogen-bond acceptors (Lipinski definition) is 7. The maximum atomic E-state index is 9.95. The van der Waals surface area contributed by atoms with Crippen LogP contribution >= 0.6 is 0 Å². The molecule has 0 amide bonds. The van der Waals surface area contributed by atoms with Crippen molar-refractivity contribution in [1.82, 2.24) is 0 Å². The fourth-order valence-corrected chi connectivity index (χ4v) is 0.536. The van der Waals surface area contributed by atoms with Crippen molar-refractivity contribution in [3.8, 4) is 0 Å². The Balaban J connectivity index is 4.30. The summed E-state index contributed by atoms with van der Waals surface area (Å²) in [5.41, 5.74) is 0. The lowest BCUT2D eigenvalue weighted by Gasteiger charge is -1.87. The second kappa shape index (κ2) is 4.03. The summed E-state index contributed by atoms with van der Waals surface area (Å²) in [7, 11) is -7.14. The second-order valence-electron chi connectivity index (χ2n) is 1.15. The van der Waals surface area contributed by atoms with Crippen LogP contribution in [0.25, 0.3) is 0 Å². The van der Waals surface area contributed by atoms with Gasteiger partial charge in [-0.3, -0.25) is 0 Å². The number of thiol groups is 2. The van der Waals surface area contributed by atoms with Gasteiger partial charge in [0.2, 0.25) is 21.4 Å². The number of carbonyl (C=O) groups is 2. The van der Waals surface area contributed by atoms with E-state index >= 15 is 0 Å². The summed E-state index contributed by atoms with van der Waals surface area (Å²) in [5, 5.41) is -3.77. The average Bonchev–Trinajstić information content (AvgIpc) is 1.87. The Morgan fingerprint density at radius 2 is 1.09 bits per heavy atom. The quantitative estimate of drug-likeness (QED) is 0.278. The van der Waals surface area contributed by atoms with Gasteiger partial charge in [-0.15, -0.1) is 0 Å². The van der Waals surface area contributed by atoms with Crippen LogP contribution in [0.15, 0.2) is 0 Å². The van der Waals surface area contributed by atoms with Crippen LogP contribution in [-0.2, 0) is 26.1 Å². The molecule has 64 valence electrons. The first-order chi connectivity index (χ1) is 4.95. The minimum atomic E-state index is -3.57. The predicted octanol–water partition coefficient (Wildman–Crippen LogP) is -1.53. The van der Waals surface area contributed by atoms with E-state index in [0.717, 1.165) is 0 Å². The zero-order chi connectivity index (χ0) is 9.02. The Morgan fingerprint density at radius 3 is 1.27 bits per heavy atom. The Bertz CT molecular complexity index is 271. The molecule has 11 heavy (non-hydrogen) atoms. The van der Waals surface area contributed by atoms with Crippen LogP contribution in [0.5, 0.6) is 0 Å². The lowest BCUT2D eigenvalue weighted by Crippen LogP contribution is -2.10. The molecule has 0 saturated carbocycles. The van der Waals surface area contributed by atoms with Gasteiger partial charge in [-0.1, -0.05) is 0 Å². The average molecular weight is 202 g/mol. The van der Waals surface area contributed by atoms with E-state index in [9.17, 15) is 26.4 Å². The van der Waals surface area contributed by atoms with Crippen molar-refractivity contribution in [2.45, 2.75) is 0 Å². The zero-order valence-corrected chi connectivity index (χ0v) is 6.54. The van der Waals surface area contributed by atoms with Crippen molar-refractivity contribution >= 4 is 32.0 Å². The summed E-state index contributed by atoms with van der Waals surface area (Å²) >= 11 is 0. The normalized spacial score (nSPS) is 10.0. The largest absolute Gasteiger partial charge is 0.430 e. The number of rotatable bonds is 0. The first-order valence-electron chi connectivity index (χ1n) is 1.99. The van der Waals surface area contributed by atoms with Crippen molar-refractivity contribution in [2.75, 3.05) is 0 Å². The molecule has 0 N–H and O–H groups in total. The Morgan fingerprint density at radius 1 is 0.818 bits per heavy atom. The molecule has 0 aromatic rings. The van der Waals surface area contributed by atoms with Crippen LogP contribution in [0.4, 0.5) is 9.59 Å². The second-order valence-corrected chi connectivity index (χ2v) is 2.91. The molecule has 0 fully saturated rings. The number of carbonyl (C=O) groups excluding carboxylic acids is 2. The first-order valence-corrected chi connectivity index (χ1v) is 4.35. The predicted molar refractivity (Wildman–Crippen MR) is 32.5 cm³/mol. The zero-order valence-electron chi connectivity index (χ0n) is 4.75. The third-order valence-corrected chi connectivity index (χ3v) is 1.25. The minimum Gasteiger partial charge on any atom is -0.370 e. The molecule has 0 aliphatic heterocycles. The van der Waals surface area contributed by atoms with Crippen molar-refractivity contribution in [1.29, 1.82) is 0 Å². The Kier molecular flexibility index (Phi) is 3.68. The lowest BCUT2D eigenvalue weighted by molar-refractivity contribution is 0.184. The highest BCUT2D eigenvalue weighted by Gasteiger charge is 2.13. The molecule has 0 saturated heterocycles. The molecule has 0 spiro atoms. The molecule has 0 rings (SSSR count). The highest BCUT2D eigenvalue weighted by Crippen LogP contribution is 1.85. The molecule has 0 unspecified atom stereocenters. The molecular weight excluding hydrogens is 200 g/mol. The smallest absolute Gasteiger partial charge is 0.370 e. The van der Waals surface area contributed by atoms with Gasteiger partial charge in [-0.25, -0.2) is 26.4 Å². The van der Waals surface area contributed by atoms with E-state index in [0.29, 0.717) is 0 Å².